The zero-order valence-electron chi connectivity index (χ0n) is 13.9. The third-order valence-corrected chi connectivity index (χ3v) is 4.33. The molecule has 2 aromatic carbocycles. The van der Waals surface area contributed by atoms with Crippen molar-refractivity contribution in [3.05, 3.63) is 71.8 Å². The highest BCUT2D eigenvalue weighted by Gasteiger charge is 2.12. The molecular weight excluding hydrogens is 351 g/mol. The molecule has 26 heavy (non-hydrogen) atoms. The second-order valence-electron chi connectivity index (χ2n) is 5.74. The zero-order valence-corrected chi connectivity index (χ0v) is 14.6. The van der Waals surface area contributed by atoms with Crippen molar-refractivity contribution in [3.63, 3.8) is 0 Å². The lowest BCUT2D eigenvalue weighted by atomic mass is 10.0. The molecule has 0 saturated carbocycles. The molecule has 0 aliphatic rings. The Morgan fingerprint density at radius 1 is 1.00 bits per heavy atom. The Morgan fingerprint density at radius 3 is 2.62 bits per heavy atom. The quantitative estimate of drug-likeness (QED) is 0.543. The minimum Gasteiger partial charge on any atom is -0.373 e. The summed E-state index contributed by atoms with van der Waals surface area (Å²) in [6.07, 6.45) is 3.41. The van der Waals surface area contributed by atoms with Gasteiger partial charge in [-0.25, -0.2) is 14.4 Å². The average molecular weight is 365 g/mol. The van der Waals surface area contributed by atoms with Crippen LogP contribution in [0.2, 0.25) is 5.02 Å². The Morgan fingerprint density at radius 2 is 1.88 bits per heavy atom. The van der Waals surface area contributed by atoms with E-state index < -0.39 is 0 Å². The minimum absolute atomic E-state index is 0.366. The molecule has 0 aliphatic heterocycles. The monoisotopic (exact) mass is 364 g/mol. The first-order valence-electron chi connectivity index (χ1n) is 8.01. The summed E-state index contributed by atoms with van der Waals surface area (Å²) in [4.78, 5) is 13.3. The topological polar surface area (TPSA) is 50.7 Å². The molecule has 0 atom stereocenters. The Labute approximate surface area is 154 Å². The number of rotatable bonds is 3. The largest absolute Gasteiger partial charge is 0.373 e. The van der Waals surface area contributed by atoms with E-state index in [1.165, 1.54) is 6.07 Å². The number of hydrogen-bond donors (Lipinski definition) is 1. The molecule has 0 radical (unpaired) electrons. The summed E-state index contributed by atoms with van der Waals surface area (Å²) in [6, 6.07) is 14.0. The van der Waals surface area contributed by atoms with Crippen molar-refractivity contribution in [1.82, 2.24) is 15.0 Å². The van der Waals surface area contributed by atoms with Crippen LogP contribution in [0, 0.1) is 5.82 Å². The average Bonchev–Trinajstić information content (AvgIpc) is 2.67. The SMILES string of the molecule is CNc1nc(-c2cccnc2)nc2cc(-c3ccc(Cl)cc3F)ccc12. The number of nitrogens with one attached hydrogen (secondary N) is 1. The van der Waals surface area contributed by atoms with Crippen LogP contribution in [-0.2, 0) is 0 Å². The lowest BCUT2D eigenvalue weighted by molar-refractivity contribution is 0.631. The Balaban J connectivity index is 1.91. The van der Waals surface area contributed by atoms with E-state index in [1.54, 1.807) is 24.5 Å². The summed E-state index contributed by atoms with van der Waals surface area (Å²) in [5.74, 6) is 0.896. The van der Waals surface area contributed by atoms with Gasteiger partial charge in [-0.05, 0) is 48.0 Å². The molecule has 6 heteroatoms. The van der Waals surface area contributed by atoms with E-state index in [4.69, 9.17) is 11.6 Å². The predicted octanol–water partition coefficient (Wildman–Crippen LogP) is 5.19. The van der Waals surface area contributed by atoms with E-state index in [0.717, 1.165) is 22.0 Å². The number of anilines is 1. The molecule has 0 spiro atoms. The summed E-state index contributed by atoms with van der Waals surface area (Å²) in [6.45, 7) is 0. The molecule has 2 heterocycles. The summed E-state index contributed by atoms with van der Waals surface area (Å²) < 4.78 is 14.3. The fourth-order valence-corrected chi connectivity index (χ4v) is 2.99. The van der Waals surface area contributed by atoms with Gasteiger partial charge in [0.15, 0.2) is 5.82 Å². The number of pyridine rings is 1. The second kappa shape index (κ2) is 6.69. The number of aromatic nitrogens is 3. The number of hydrogen-bond acceptors (Lipinski definition) is 4. The summed E-state index contributed by atoms with van der Waals surface area (Å²) in [7, 11) is 1.81. The van der Waals surface area contributed by atoms with Gasteiger partial charge in [-0.2, -0.15) is 0 Å². The third kappa shape index (κ3) is 2.97. The molecule has 4 nitrogen and oxygen atoms in total. The first-order chi connectivity index (χ1) is 12.7. The molecule has 128 valence electrons. The molecule has 2 aromatic heterocycles. The third-order valence-electron chi connectivity index (χ3n) is 4.10. The second-order valence-corrected chi connectivity index (χ2v) is 6.18. The van der Waals surface area contributed by atoms with Crippen molar-refractivity contribution in [2.24, 2.45) is 0 Å². The van der Waals surface area contributed by atoms with Crippen LogP contribution in [-0.4, -0.2) is 22.0 Å². The van der Waals surface area contributed by atoms with Crippen molar-refractivity contribution in [3.8, 4) is 22.5 Å². The molecule has 0 amide bonds. The molecular formula is C20H14ClFN4. The van der Waals surface area contributed by atoms with Crippen molar-refractivity contribution in [2.45, 2.75) is 0 Å². The molecule has 0 unspecified atom stereocenters. The van der Waals surface area contributed by atoms with Gasteiger partial charge in [-0.3, -0.25) is 4.98 Å². The summed E-state index contributed by atoms with van der Waals surface area (Å²) >= 11 is 5.85. The van der Waals surface area contributed by atoms with Crippen LogP contribution in [0.1, 0.15) is 0 Å². The first kappa shape index (κ1) is 16.4. The van der Waals surface area contributed by atoms with E-state index in [9.17, 15) is 4.39 Å². The van der Waals surface area contributed by atoms with Crippen LogP contribution in [0.15, 0.2) is 60.9 Å². The Bertz CT molecular complexity index is 1100. The van der Waals surface area contributed by atoms with Gasteiger partial charge in [0.05, 0.1) is 5.52 Å². The molecule has 0 fully saturated rings. The van der Waals surface area contributed by atoms with Gasteiger partial charge in [-0.1, -0.05) is 17.7 Å². The first-order valence-corrected chi connectivity index (χ1v) is 8.39. The Hall–Kier alpha value is -3.05. The van der Waals surface area contributed by atoms with Gasteiger partial charge in [0.25, 0.3) is 0 Å². The normalized spacial score (nSPS) is 10.9. The van der Waals surface area contributed by atoms with E-state index >= 15 is 0 Å². The maximum absolute atomic E-state index is 14.3. The lowest BCUT2D eigenvalue weighted by Crippen LogP contribution is -1.99. The molecule has 0 aliphatic carbocycles. The predicted molar refractivity (Wildman–Crippen MR) is 103 cm³/mol. The molecule has 0 bridgehead atoms. The standard InChI is InChI=1S/C20H14ClFN4/c1-23-20-16-6-4-12(15-7-5-14(21)10-17(15)22)9-18(16)25-19(26-20)13-3-2-8-24-11-13/h2-11H,1H3,(H,23,25,26). The van der Waals surface area contributed by atoms with Gasteiger partial charge in [-0.15, -0.1) is 0 Å². The van der Waals surface area contributed by atoms with E-state index in [1.807, 2.05) is 37.4 Å². The molecule has 4 aromatic rings. The van der Waals surface area contributed by atoms with E-state index in [-0.39, 0.29) is 5.82 Å². The Kier molecular flexibility index (Phi) is 4.22. The van der Waals surface area contributed by atoms with Crippen LogP contribution >= 0.6 is 11.6 Å². The van der Waals surface area contributed by atoms with Gasteiger partial charge in [0.2, 0.25) is 0 Å². The number of nitrogens with zero attached hydrogens (tertiary/aromatic N) is 3. The van der Waals surface area contributed by atoms with Crippen LogP contribution in [0.3, 0.4) is 0 Å². The molecule has 4 rings (SSSR count). The zero-order chi connectivity index (χ0) is 18.1. The van der Waals surface area contributed by atoms with Crippen molar-refractivity contribution < 1.29 is 4.39 Å². The number of benzene rings is 2. The van der Waals surface area contributed by atoms with E-state index in [2.05, 4.69) is 20.3 Å². The van der Waals surface area contributed by atoms with Crippen molar-refractivity contribution >= 4 is 28.3 Å². The maximum atomic E-state index is 14.3. The van der Waals surface area contributed by atoms with Crippen molar-refractivity contribution in [1.29, 1.82) is 0 Å². The highest BCUT2D eigenvalue weighted by Crippen LogP contribution is 2.31. The summed E-state index contributed by atoms with van der Waals surface area (Å²) in [5, 5.41) is 4.32. The molecule has 0 saturated heterocycles. The minimum atomic E-state index is -0.368. The number of halogens is 2. The van der Waals surface area contributed by atoms with Gasteiger partial charge >= 0.3 is 0 Å². The van der Waals surface area contributed by atoms with Gasteiger partial charge in [0, 0.05) is 41.0 Å². The fraction of sp³-hybridized carbons (Fsp3) is 0.0500. The highest BCUT2D eigenvalue weighted by atomic mass is 35.5. The molecule has 1 N–H and O–H groups in total. The van der Waals surface area contributed by atoms with Crippen LogP contribution < -0.4 is 5.32 Å². The van der Waals surface area contributed by atoms with Gasteiger partial charge in [0.1, 0.15) is 11.6 Å². The van der Waals surface area contributed by atoms with Crippen LogP contribution in [0.4, 0.5) is 10.2 Å². The van der Waals surface area contributed by atoms with Crippen LogP contribution in [0.5, 0.6) is 0 Å². The lowest BCUT2D eigenvalue weighted by Gasteiger charge is -2.10. The smallest absolute Gasteiger partial charge is 0.163 e. The maximum Gasteiger partial charge on any atom is 0.163 e. The van der Waals surface area contributed by atoms with Crippen LogP contribution in [0.25, 0.3) is 33.4 Å². The highest BCUT2D eigenvalue weighted by molar-refractivity contribution is 6.30. The number of fused-ring (bicyclic) bond motifs is 1. The summed E-state index contributed by atoms with van der Waals surface area (Å²) in [5.41, 5.74) is 2.73. The van der Waals surface area contributed by atoms with E-state index in [0.29, 0.717) is 22.2 Å². The van der Waals surface area contributed by atoms with Crippen molar-refractivity contribution in [2.75, 3.05) is 12.4 Å². The van der Waals surface area contributed by atoms with Gasteiger partial charge < -0.3 is 5.32 Å². The fourth-order valence-electron chi connectivity index (χ4n) is 2.84.